The predicted octanol–water partition coefficient (Wildman–Crippen LogP) is 2.76. The van der Waals surface area contributed by atoms with Gasteiger partial charge in [0.25, 0.3) is 0 Å². The molecule has 8 heteroatoms. The molecule has 1 aromatic carbocycles. The van der Waals surface area contributed by atoms with E-state index >= 15 is 0 Å². The van der Waals surface area contributed by atoms with Crippen LogP contribution in [0.4, 0.5) is 4.79 Å². The van der Waals surface area contributed by atoms with Gasteiger partial charge in [0.2, 0.25) is 0 Å². The van der Waals surface area contributed by atoms with Crippen molar-refractivity contribution in [2.45, 2.75) is 70.5 Å². The fraction of sp³-hybridized carbons (Fsp3) is 0.680. The number of benzene rings is 1. The molecular formula is C25H37N3O5. The number of nitriles is 1. The van der Waals surface area contributed by atoms with E-state index in [1.165, 1.54) is 0 Å². The number of hydrogen-bond acceptors (Lipinski definition) is 7. The molecule has 0 aliphatic carbocycles. The van der Waals surface area contributed by atoms with Crippen LogP contribution in [-0.4, -0.2) is 62.0 Å². The maximum atomic E-state index is 12.7. The van der Waals surface area contributed by atoms with E-state index in [1.54, 1.807) is 0 Å². The lowest BCUT2D eigenvalue weighted by atomic mass is 9.87. The van der Waals surface area contributed by atoms with Gasteiger partial charge in [0.05, 0.1) is 37.3 Å². The van der Waals surface area contributed by atoms with Crippen molar-refractivity contribution in [3.8, 4) is 6.07 Å². The average molecular weight is 460 g/mol. The molecule has 2 aliphatic rings. The van der Waals surface area contributed by atoms with Crippen LogP contribution in [0.2, 0.25) is 0 Å². The van der Waals surface area contributed by atoms with E-state index < -0.39 is 18.2 Å². The lowest BCUT2D eigenvalue weighted by Gasteiger charge is -2.28. The molecule has 3 N–H and O–H groups in total. The van der Waals surface area contributed by atoms with Crippen LogP contribution in [0.3, 0.4) is 0 Å². The molecule has 2 saturated heterocycles. The highest BCUT2D eigenvalue weighted by atomic mass is 16.7. The highest BCUT2D eigenvalue weighted by Gasteiger charge is 2.44. The number of nitrogens with one attached hydrogen (secondary N) is 2. The zero-order chi connectivity index (χ0) is 23.7. The Bertz CT molecular complexity index is 782. The maximum Gasteiger partial charge on any atom is 0.407 e. The average Bonchev–Trinajstić information content (AvgIpc) is 3.39. The second kappa shape index (κ2) is 12.3. The predicted molar refractivity (Wildman–Crippen MR) is 123 cm³/mol. The van der Waals surface area contributed by atoms with Gasteiger partial charge in [-0.15, -0.1) is 0 Å². The first kappa shape index (κ1) is 25.4. The number of unbranched alkanes of at least 4 members (excludes halogenated alkanes) is 1. The van der Waals surface area contributed by atoms with Gasteiger partial charge < -0.3 is 30.0 Å². The van der Waals surface area contributed by atoms with Crippen LogP contribution in [0.25, 0.3) is 0 Å². The van der Waals surface area contributed by atoms with Gasteiger partial charge in [0, 0.05) is 19.5 Å². The quantitative estimate of drug-likeness (QED) is 0.412. The number of aliphatic hydroxyl groups is 1. The first-order chi connectivity index (χ1) is 15.9. The van der Waals surface area contributed by atoms with Crippen LogP contribution in [0.5, 0.6) is 0 Å². The fourth-order valence-corrected chi connectivity index (χ4v) is 4.46. The smallest absolute Gasteiger partial charge is 0.407 e. The van der Waals surface area contributed by atoms with E-state index in [2.05, 4.69) is 30.6 Å². The lowest BCUT2D eigenvalue weighted by Crippen LogP contribution is -2.50. The summed E-state index contributed by atoms with van der Waals surface area (Å²) in [6.07, 6.45) is 1.67. The van der Waals surface area contributed by atoms with Crippen molar-refractivity contribution in [2.75, 3.05) is 26.3 Å². The molecule has 0 unspecified atom stereocenters. The third kappa shape index (κ3) is 7.97. The lowest BCUT2D eigenvalue weighted by molar-refractivity contribution is -0.0907. The summed E-state index contributed by atoms with van der Waals surface area (Å²) in [5.74, 6) is 0.0678. The standard InChI is InChI=1S/C25H37N3O5/c1-25(2,11-6-7-12-26)17-27-15-21(29)20(14-18-8-4-3-5-9-18)28-24(30)33-22-16-32-23-19(22)10-13-31-23/h3-5,8-9,19-23,27,29H,6-7,10-11,13-17H2,1-2H3,(H,28,30)/t19-,20-,21+,22-,23+/m0/s1. The highest BCUT2D eigenvalue weighted by molar-refractivity contribution is 5.68. The molecule has 33 heavy (non-hydrogen) atoms. The number of hydrogen-bond donors (Lipinski definition) is 3. The summed E-state index contributed by atoms with van der Waals surface area (Å²) in [4.78, 5) is 12.7. The van der Waals surface area contributed by atoms with E-state index in [-0.39, 0.29) is 23.7 Å². The molecule has 8 nitrogen and oxygen atoms in total. The number of amides is 1. The minimum absolute atomic E-state index is 0.0141. The summed E-state index contributed by atoms with van der Waals surface area (Å²) in [7, 11) is 0. The third-order valence-corrected chi connectivity index (χ3v) is 6.41. The fourth-order valence-electron chi connectivity index (χ4n) is 4.46. The van der Waals surface area contributed by atoms with Gasteiger partial charge in [-0.25, -0.2) is 4.79 Å². The molecule has 0 spiro atoms. The molecule has 1 aromatic rings. The van der Waals surface area contributed by atoms with Crippen molar-refractivity contribution in [1.82, 2.24) is 10.6 Å². The van der Waals surface area contributed by atoms with Crippen LogP contribution < -0.4 is 10.6 Å². The van der Waals surface area contributed by atoms with Crippen molar-refractivity contribution >= 4 is 6.09 Å². The molecule has 2 heterocycles. The largest absolute Gasteiger partial charge is 0.443 e. The molecule has 0 radical (unpaired) electrons. The van der Waals surface area contributed by atoms with Crippen molar-refractivity contribution in [1.29, 1.82) is 5.26 Å². The van der Waals surface area contributed by atoms with Gasteiger partial charge in [-0.3, -0.25) is 0 Å². The second-order valence-corrected chi connectivity index (χ2v) is 9.78. The van der Waals surface area contributed by atoms with E-state index in [9.17, 15) is 9.90 Å². The Hall–Kier alpha value is -2.18. The summed E-state index contributed by atoms with van der Waals surface area (Å²) >= 11 is 0. The molecule has 2 aliphatic heterocycles. The van der Waals surface area contributed by atoms with E-state index in [1.807, 2.05) is 30.3 Å². The first-order valence-corrected chi connectivity index (χ1v) is 11.9. The number of carbonyl (C=O) groups is 1. The summed E-state index contributed by atoms with van der Waals surface area (Å²) in [5, 5.41) is 25.9. The van der Waals surface area contributed by atoms with Gasteiger partial charge in [-0.1, -0.05) is 44.2 Å². The molecule has 0 aromatic heterocycles. The maximum absolute atomic E-state index is 12.7. The number of ether oxygens (including phenoxy) is 3. The number of aliphatic hydroxyl groups excluding tert-OH is 1. The zero-order valence-corrected chi connectivity index (χ0v) is 19.7. The molecule has 5 atom stereocenters. The molecular weight excluding hydrogens is 422 g/mol. The van der Waals surface area contributed by atoms with Gasteiger partial charge in [0.1, 0.15) is 6.10 Å². The monoisotopic (exact) mass is 459 g/mol. The first-order valence-electron chi connectivity index (χ1n) is 11.9. The molecule has 2 fully saturated rings. The van der Waals surface area contributed by atoms with Gasteiger partial charge in [0.15, 0.2) is 6.29 Å². The number of nitrogens with zero attached hydrogens (tertiary/aromatic N) is 1. The van der Waals surface area contributed by atoms with Crippen molar-refractivity contribution < 1.29 is 24.1 Å². The van der Waals surface area contributed by atoms with Crippen LogP contribution in [0.1, 0.15) is 45.1 Å². The van der Waals surface area contributed by atoms with Gasteiger partial charge in [-0.05, 0) is 36.7 Å². The Morgan fingerprint density at radius 2 is 2.12 bits per heavy atom. The molecule has 3 rings (SSSR count). The summed E-state index contributed by atoms with van der Waals surface area (Å²) in [6, 6.07) is 11.4. The Labute approximate surface area is 196 Å². The van der Waals surface area contributed by atoms with Gasteiger partial charge in [-0.2, -0.15) is 5.26 Å². The molecule has 1 amide bonds. The SMILES string of the molecule is CC(C)(CCCC#N)CNC[C@@H](O)[C@H](Cc1ccccc1)NC(=O)O[C@H]1CO[C@H]2OCC[C@H]21. The minimum atomic E-state index is -0.796. The normalized spacial score (nSPS) is 24.0. The van der Waals surface area contributed by atoms with Gasteiger partial charge >= 0.3 is 6.09 Å². The van der Waals surface area contributed by atoms with Crippen molar-refractivity contribution in [2.24, 2.45) is 11.3 Å². The Kier molecular flexibility index (Phi) is 9.51. The molecule has 0 bridgehead atoms. The summed E-state index contributed by atoms with van der Waals surface area (Å²) < 4.78 is 16.7. The Balaban J connectivity index is 1.53. The summed E-state index contributed by atoms with van der Waals surface area (Å²) in [6.45, 7) is 6.28. The van der Waals surface area contributed by atoms with Crippen LogP contribution in [-0.2, 0) is 20.6 Å². The van der Waals surface area contributed by atoms with E-state index in [0.29, 0.717) is 39.1 Å². The number of rotatable bonds is 12. The zero-order valence-electron chi connectivity index (χ0n) is 19.7. The van der Waals surface area contributed by atoms with Crippen molar-refractivity contribution in [3.05, 3.63) is 35.9 Å². The topological polar surface area (TPSA) is 113 Å². The number of alkyl carbamates (subject to hydrolysis) is 1. The van der Waals surface area contributed by atoms with E-state index in [0.717, 1.165) is 24.8 Å². The van der Waals surface area contributed by atoms with Crippen LogP contribution >= 0.6 is 0 Å². The molecule has 0 saturated carbocycles. The third-order valence-electron chi connectivity index (χ3n) is 6.41. The van der Waals surface area contributed by atoms with Crippen molar-refractivity contribution in [3.63, 3.8) is 0 Å². The highest BCUT2D eigenvalue weighted by Crippen LogP contribution is 2.33. The Morgan fingerprint density at radius 3 is 2.88 bits per heavy atom. The van der Waals surface area contributed by atoms with Crippen LogP contribution in [0.15, 0.2) is 30.3 Å². The van der Waals surface area contributed by atoms with Crippen LogP contribution in [0, 0.1) is 22.7 Å². The number of fused-ring (bicyclic) bond motifs is 1. The van der Waals surface area contributed by atoms with E-state index in [4.69, 9.17) is 19.5 Å². The minimum Gasteiger partial charge on any atom is -0.443 e. The summed E-state index contributed by atoms with van der Waals surface area (Å²) in [5.41, 5.74) is 1.03. The second-order valence-electron chi connectivity index (χ2n) is 9.78. The molecule has 182 valence electrons. The number of carbonyl (C=O) groups excluding carboxylic acids is 1. The Morgan fingerprint density at radius 1 is 1.33 bits per heavy atom.